The number of benzene rings is 2. The largest absolute Gasteiger partial charge is 0.331 e. The molecule has 0 aliphatic rings. The van der Waals surface area contributed by atoms with Crippen LogP contribution in [0.5, 0.6) is 0 Å². The van der Waals surface area contributed by atoms with E-state index in [1.54, 1.807) is 36.0 Å². The van der Waals surface area contributed by atoms with Crippen LogP contribution in [0.1, 0.15) is 5.56 Å². The van der Waals surface area contributed by atoms with Gasteiger partial charge in [0, 0.05) is 16.5 Å². The highest BCUT2D eigenvalue weighted by molar-refractivity contribution is 7.99. The number of rotatable bonds is 5. The Hall–Kier alpha value is -1.76. The maximum atomic E-state index is 11.7. The zero-order valence-corrected chi connectivity index (χ0v) is 14.6. The summed E-state index contributed by atoms with van der Waals surface area (Å²) in [7, 11) is 0. The lowest BCUT2D eigenvalue weighted by atomic mass is 10.2. The molecule has 0 atom stereocenters. The first kappa shape index (κ1) is 17.6. The lowest BCUT2D eigenvalue weighted by Gasteiger charge is -2.11. The van der Waals surface area contributed by atoms with Crippen molar-refractivity contribution in [3.8, 4) is 0 Å². The monoisotopic (exact) mass is 365 g/mol. The van der Waals surface area contributed by atoms with Crippen molar-refractivity contribution in [1.82, 2.24) is 10.9 Å². The molecular formula is C16H16ClN3OS2. The number of hydrogen-bond acceptors (Lipinski definition) is 3. The molecule has 4 nitrogen and oxygen atoms in total. The first-order valence-corrected chi connectivity index (χ1v) is 8.80. The lowest BCUT2D eigenvalue weighted by molar-refractivity contribution is -0.119. The summed E-state index contributed by atoms with van der Waals surface area (Å²) in [6.07, 6.45) is 0. The van der Waals surface area contributed by atoms with Crippen molar-refractivity contribution >= 4 is 52.3 Å². The van der Waals surface area contributed by atoms with Crippen LogP contribution in [0.3, 0.4) is 0 Å². The summed E-state index contributed by atoms with van der Waals surface area (Å²) < 4.78 is 0. The van der Waals surface area contributed by atoms with Gasteiger partial charge in [-0.3, -0.25) is 15.6 Å². The second kappa shape index (κ2) is 9.39. The van der Waals surface area contributed by atoms with E-state index in [2.05, 4.69) is 16.2 Å². The SMILES string of the molecule is O=C(CSCc1ccccc1)NNC(=S)Nc1ccc(Cl)cc1. The number of halogens is 1. The normalized spacial score (nSPS) is 9.96. The average molecular weight is 366 g/mol. The summed E-state index contributed by atoms with van der Waals surface area (Å²) in [5, 5.41) is 3.91. The van der Waals surface area contributed by atoms with Crippen molar-refractivity contribution in [2.75, 3.05) is 11.1 Å². The molecule has 0 bridgehead atoms. The van der Waals surface area contributed by atoms with E-state index in [4.69, 9.17) is 23.8 Å². The van der Waals surface area contributed by atoms with Crippen LogP contribution in [0, 0.1) is 0 Å². The van der Waals surface area contributed by atoms with Crippen LogP contribution < -0.4 is 16.2 Å². The van der Waals surface area contributed by atoms with Crippen LogP contribution in [0.2, 0.25) is 5.02 Å². The highest BCUT2D eigenvalue weighted by Gasteiger charge is 2.03. The first-order chi connectivity index (χ1) is 11.1. The number of hydrogen-bond donors (Lipinski definition) is 3. The van der Waals surface area contributed by atoms with Gasteiger partial charge >= 0.3 is 0 Å². The minimum Gasteiger partial charge on any atom is -0.331 e. The third kappa shape index (κ3) is 6.90. The van der Waals surface area contributed by atoms with Gasteiger partial charge in [-0.05, 0) is 42.0 Å². The maximum absolute atomic E-state index is 11.7. The van der Waals surface area contributed by atoms with E-state index < -0.39 is 0 Å². The Morgan fingerprint density at radius 1 is 1.04 bits per heavy atom. The zero-order valence-electron chi connectivity index (χ0n) is 12.2. The Morgan fingerprint density at radius 2 is 1.74 bits per heavy atom. The summed E-state index contributed by atoms with van der Waals surface area (Å²) in [6.45, 7) is 0. The van der Waals surface area contributed by atoms with Gasteiger partial charge in [-0.25, -0.2) is 0 Å². The Labute approximate surface area is 150 Å². The minimum atomic E-state index is -0.133. The lowest BCUT2D eigenvalue weighted by Crippen LogP contribution is -2.44. The molecule has 0 saturated heterocycles. The molecule has 0 aliphatic carbocycles. The Morgan fingerprint density at radius 3 is 2.43 bits per heavy atom. The third-order valence-electron chi connectivity index (χ3n) is 2.76. The van der Waals surface area contributed by atoms with Gasteiger partial charge in [0.25, 0.3) is 0 Å². The van der Waals surface area contributed by atoms with Crippen LogP contribution in [-0.4, -0.2) is 16.8 Å². The van der Waals surface area contributed by atoms with Gasteiger partial charge in [0.15, 0.2) is 5.11 Å². The summed E-state index contributed by atoms with van der Waals surface area (Å²) in [6, 6.07) is 17.1. The smallest absolute Gasteiger partial charge is 0.248 e. The molecule has 7 heteroatoms. The number of nitrogens with one attached hydrogen (secondary N) is 3. The molecule has 23 heavy (non-hydrogen) atoms. The zero-order chi connectivity index (χ0) is 16.5. The van der Waals surface area contributed by atoms with Crippen LogP contribution in [0.4, 0.5) is 5.69 Å². The predicted octanol–water partition coefficient (Wildman–Crippen LogP) is 3.59. The topological polar surface area (TPSA) is 53.2 Å². The van der Waals surface area contributed by atoms with E-state index in [1.165, 1.54) is 5.56 Å². The number of anilines is 1. The first-order valence-electron chi connectivity index (χ1n) is 6.86. The molecule has 0 heterocycles. The van der Waals surface area contributed by atoms with Gasteiger partial charge in [0.1, 0.15) is 0 Å². The fourth-order valence-corrected chi connectivity index (χ4v) is 2.78. The molecule has 0 saturated carbocycles. The van der Waals surface area contributed by atoms with Gasteiger partial charge in [0.2, 0.25) is 5.91 Å². The van der Waals surface area contributed by atoms with Crippen molar-refractivity contribution in [3.05, 3.63) is 65.2 Å². The molecule has 3 N–H and O–H groups in total. The molecule has 120 valence electrons. The molecule has 2 aromatic carbocycles. The number of amides is 1. The molecular weight excluding hydrogens is 350 g/mol. The number of carbonyl (C=O) groups excluding carboxylic acids is 1. The predicted molar refractivity (Wildman–Crippen MR) is 102 cm³/mol. The number of thiocarbonyl (C=S) groups is 1. The van der Waals surface area contributed by atoms with Crippen LogP contribution in [0.25, 0.3) is 0 Å². The van der Waals surface area contributed by atoms with Crippen LogP contribution in [-0.2, 0) is 10.5 Å². The highest BCUT2D eigenvalue weighted by Crippen LogP contribution is 2.13. The number of hydrazine groups is 1. The summed E-state index contributed by atoms with van der Waals surface area (Å²) in [5.74, 6) is 1.01. The van der Waals surface area contributed by atoms with Crippen LogP contribution >= 0.6 is 35.6 Å². The van der Waals surface area contributed by atoms with Crippen molar-refractivity contribution in [2.45, 2.75) is 5.75 Å². The molecule has 1 amide bonds. The summed E-state index contributed by atoms with van der Waals surface area (Å²) in [4.78, 5) is 11.7. The maximum Gasteiger partial charge on any atom is 0.248 e. The molecule has 0 spiro atoms. The quantitative estimate of drug-likeness (QED) is 0.558. The van der Waals surface area contributed by atoms with Crippen molar-refractivity contribution in [1.29, 1.82) is 0 Å². The Balaban J connectivity index is 1.63. The van der Waals surface area contributed by atoms with Crippen LogP contribution in [0.15, 0.2) is 54.6 Å². The molecule has 2 aromatic rings. The summed E-state index contributed by atoms with van der Waals surface area (Å²) in [5.41, 5.74) is 7.21. The minimum absolute atomic E-state index is 0.133. The van der Waals surface area contributed by atoms with Crippen molar-refractivity contribution in [3.63, 3.8) is 0 Å². The molecule has 0 aromatic heterocycles. The molecule has 0 unspecified atom stereocenters. The third-order valence-corrected chi connectivity index (χ3v) is 4.22. The van der Waals surface area contributed by atoms with Gasteiger partial charge in [0.05, 0.1) is 5.75 Å². The van der Waals surface area contributed by atoms with Gasteiger partial charge in [-0.15, -0.1) is 11.8 Å². The van der Waals surface area contributed by atoms with E-state index in [-0.39, 0.29) is 5.91 Å². The molecule has 2 rings (SSSR count). The fourth-order valence-electron chi connectivity index (χ4n) is 1.69. The number of thioether (sulfide) groups is 1. The average Bonchev–Trinajstić information content (AvgIpc) is 2.56. The second-order valence-electron chi connectivity index (χ2n) is 4.61. The fraction of sp³-hybridized carbons (Fsp3) is 0.125. The van der Waals surface area contributed by atoms with E-state index in [9.17, 15) is 4.79 Å². The standard InChI is InChI=1S/C16H16ClN3OS2/c17-13-6-8-14(9-7-13)18-16(22)20-19-15(21)11-23-10-12-4-2-1-3-5-12/h1-9H,10-11H2,(H,19,21)(H2,18,20,22). The Bertz CT molecular complexity index is 650. The van der Waals surface area contributed by atoms with E-state index >= 15 is 0 Å². The van der Waals surface area contributed by atoms with Crippen molar-refractivity contribution in [2.24, 2.45) is 0 Å². The highest BCUT2D eigenvalue weighted by atomic mass is 35.5. The summed E-state index contributed by atoms with van der Waals surface area (Å²) >= 11 is 12.4. The number of carbonyl (C=O) groups is 1. The molecule has 0 fully saturated rings. The van der Waals surface area contributed by atoms with Crippen molar-refractivity contribution < 1.29 is 4.79 Å². The van der Waals surface area contributed by atoms with Gasteiger partial charge < -0.3 is 5.32 Å². The van der Waals surface area contributed by atoms with Gasteiger partial charge in [-0.2, -0.15) is 0 Å². The van der Waals surface area contributed by atoms with E-state index in [0.29, 0.717) is 15.9 Å². The molecule has 0 radical (unpaired) electrons. The van der Waals surface area contributed by atoms with E-state index in [1.807, 2.05) is 30.3 Å². The Kier molecular flexibility index (Phi) is 7.19. The van der Waals surface area contributed by atoms with Gasteiger partial charge in [-0.1, -0.05) is 41.9 Å². The van der Waals surface area contributed by atoms with E-state index in [0.717, 1.165) is 11.4 Å². The second-order valence-corrected chi connectivity index (χ2v) is 6.44. The molecule has 0 aliphatic heterocycles.